The summed E-state index contributed by atoms with van der Waals surface area (Å²) in [6.07, 6.45) is 0.859. The summed E-state index contributed by atoms with van der Waals surface area (Å²) in [6.45, 7) is 7.03. The molecule has 0 saturated carbocycles. The van der Waals surface area contributed by atoms with Gasteiger partial charge in [-0.2, -0.15) is 0 Å². The first kappa shape index (κ1) is 15.5. The zero-order chi connectivity index (χ0) is 15.5. The highest BCUT2D eigenvalue weighted by molar-refractivity contribution is 5.88. The minimum Gasteiger partial charge on any atom is -0.349 e. The summed E-state index contributed by atoms with van der Waals surface area (Å²) in [6, 6.07) is 7.46. The van der Waals surface area contributed by atoms with Crippen molar-refractivity contribution in [3.8, 4) is 0 Å². The van der Waals surface area contributed by atoms with Crippen molar-refractivity contribution in [2.24, 2.45) is 5.41 Å². The SMILES string of the molecule is CC(=O)Nc1cccc(C(C)NC(=O)C2(C)CCNC2)c1. The summed E-state index contributed by atoms with van der Waals surface area (Å²) in [4.78, 5) is 23.5. The first-order valence-corrected chi connectivity index (χ1v) is 7.30. The molecule has 0 radical (unpaired) electrons. The van der Waals surface area contributed by atoms with Gasteiger partial charge >= 0.3 is 0 Å². The van der Waals surface area contributed by atoms with Gasteiger partial charge in [0.25, 0.3) is 0 Å². The molecule has 114 valence electrons. The molecule has 21 heavy (non-hydrogen) atoms. The van der Waals surface area contributed by atoms with Gasteiger partial charge in [-0.1, -0.05) is 12.1 Å². The number of benzene rings is 1. The smallest absolute Gasteiger partial charge is 0.227 e. The van der Waals surface area contributed by atoms with Crippen LogP contribution in [0.1, 0.15) is 38.8 Å². The summed E-state index contributed by atoms with van der Waals surface area (Å²) in [5, 5.41) is 9.05. The maximum absolute atomic E-state index is 12.4. The van der Waals surface area contributed by atoms with Gasteiger partial charge in [0.05, 0.1) is 11.5 Å². The Balaban J connectivity index is 2.04. The van der Waals surface area contributed by atoms with Crippen LogP contribution in [0.25, 0.3) is 0 Å². The molecule has 0 aliphatic carbocycles. The first-order chi connectivity index (χ1) is 9.90. The maximum atomic E-state index is 12.4. The fourth-order valence-corrected chi connectivity index (χ4v) is 2.55. The molecule has 2 atom stereocenters. The van der Waals surface area contributed by atoms with Crippen molar-refractivity contribution >= 4 is 17.5 Å². The van der Waals surface area contributed by atoms with Gasteiger partial charge in [-0.15, -0.1) is 0 Å². The molecule has 1 fully saturated rings. The van der Waals surface area contributed by atoms with Crippen molar-refractivity contribution in [3.05, 3.63) is 29.8 Å². The topological polar surface area (TPSA) is 70.2 Å². The predicted molar refractivity (Wildman–Crippen MR) is 82.9 cm³/mol. The molecule has 0 aromatic heterocycles. The first-order valence-electron chi connectivity index (χ1n) is 7.30. The molecule has 0 bridgehead atoms. The Kier molecular flexibility index (Phi) is 4.63. The molecule has 1 aromatic carbocycles. The fourth-order valence-electron chi connectivity index (χ4n) is 2.55. The zero-order valence-corrected chi connectivity index (χ0v) is 12.8. The van der Waals surface area contributed by atoms with E-state index in [0.29, 0.717) is 0 Å². The van der Waals surface area contributed by atoms with Gasteiger partial charge in [0.1, 0.15) is 0 Å². The lowest BCUT2D eigenvalue weighted by Gasteiger charge is -2.25. The summed E-state index contributed by atoms with van der Waals surface area (Å²) >= 11 is 0. The van der Waals surface area contributed by atoms with Crippen molar-refractivity contribution in [3.63, 3.8) is 0 Å². The molecule has 0 spiro atoms. The Morgan fingerprint density at radius 2 is 2.14 bits per heavy atom. The van der Waals surface area contributed by atoms with E-state index in [2.05, 4.69) is 16.0 Å². The fraction of sp³-hybridized carbons (Fsp3) is 0.500. The molecule has 2 rings (SSSR count). The molecule has 1 aliphatic heterocycles. The van der Waals surface area contributed by atoms with Gasteiger partial charge in [-0.25, -0.2) is 0 Å². The van der Waals surface area contributed by atoms with E-state index in [1.54, 1.807) is 0 Å². The van der Waals surface area contributed by atoms with E-state index in [1.807, 2.05) is 38.1 Å². The Morgan fingerprint density at radius 3 is 2.76 bits per heavy atom. The second-order valence-corrected chi connectivity index (χ2v) is 5.99. The largest absolute Gasteiger partial charge is 0.349 e. The molecular formula is C16H23N3O2. The van der Waals surface area contributed by atoms with Crippen LogP contribution in [0, 0.1) is 5.41 Å². The van der Waals surface area contributed by atoms with Crippen molar-refractivity contribution in [2.45, 2.75) is 33.2 Å². The Hall–Kier alpha value is -1.88. The van der Waals surface area contributed by atoms with Gasteiger partial charge in [0.2, 0.25) is 11.8 Å². The number of carbonyl (C=O) groups excluding carboxylic acids is 2. The van der Waals surface area contributed by atoms with Crippen LogP contribution < -0.4 is 16.0 Å². The number of amides is 2. The molecule has 1 saturated heterocycles. The Bertz CT molecular complexity index is 536. The van der Waals surface area contributed by atoms with E-state index in [4.69, 9.17) is 0 Å². The summed E-state index contributed by atoms with van der Waals surface area (Å²) in [5.74, 6) is -0.0293. The molecule has 1 aliphatic rings. The normalized spacial score (nSPS) is 22.6. The molecule has 2 amide bonds. The monoisotopic (exact) mass is 289 g/mol. The lowest BCUT2D eigenvalue weighted by atomic mass is 9.88. The standard InChI is InChI=1S/C16H23N3O2/c1-11(18-15(21)16(3)7-8-17-10-16)13-5-4-6-14(9-13)19-12(2)20/h4-6,9,11,17H,7-8,10H2,1-3H3,(H,18,21)(H,19,20). The van der Waals surface area contributed by atoms with Crippen LogP contribution in [0.2, 0.25) is 0 Å². The third-order valence-corrected chi connectivity index (χ3v) is 3.97. The van der Waals surface area contributed by atoms with Crippen LogP contribution in [0.15, 0.2) is 24.3 Å². The van der Waals surface area contributed by atoms with Gasteiger partial charge in [0.15, 0.2) is 0 Å². The van der Waals surface area contributed by atoms with Crippen LogP contribution in [-0.4, -0.2) is 24.9 Å². The molecule has 1 heterocycles. The number of anilines is 1. The predicted octanol–water partition coefficient (Wildman–Crippen LogP) is 1.82. The second kappa shape index (κ2) is 6.26. The van der Waals surface area contributed by atoms with Crippen LogP contribution in [-0.2, 0) is 9.59 Å². The molecule has 5 nitrogen and oxygen atoms in total. The van der Waals surface area contributed by atoms with E-state index in [0.717, 1.165) is 30.8 Å². The average Bonchev–Trinajstić information content (AvgIpc) is 2.86. The third kappa shape index (κ3) is 3.82. The maximum Gasteiger partial charge on any atom is 0.227 e. The molecule has 5 heteroatoms. The van der Waals surface area contributed by atoms with Gasteiger partial charge in [-0.05, 0) is 44.5 Å². The Morgan fingerprint density at radius 1 is 1.38 bits per heavy atom. The van der Waals surface area contributed by atoms with E-state index in [1.165, 1.54) is 6.92 Å². The van der Waals surface area contributed by atoms with Crippen molar-refractivity contribution in [1.82, 2.24) is 10.6 Å². The molecule has 3 N–H and O–H groups in total. The minimum atomic E-state index is -0.330. The number of rotatable bonds is 4. The highest BCUT2D eigenvalue weighted by Crippen LogP contribution is 2.26. The lowest BCUT2D eigenvalue weighted by molar-refractivity contribution is -0.129. The number of carbonyl (C=O) groups is 2. The van der Waals surface area contributed by atoms with Crippen molar-refractivity contribution < 1.29 is 9.59 Å². The van der Waals surface area contributed by atoms with E-state index < -0.39 is 0 Å². The molecular weight excluding hydrogens is 266 g/mol. The number of hydrogen-bond acceptors (Lipinski definition) is 3. The number of nitrogens with one attached hydrogen (secondary N) is 3. The van der Waals surface area contributed by atoms with Crippen LogP contribution in [0.3, 0.4) is 0 Å². The highest BCUT2D eigenvalue weighted by Gasteiger charge is 2.36. The average molecular weight is 289 g/mol. The third-order valence-electron chi connectivity index (χ3n) is 3.97. The summed E-state index contributed by atoms with van der Waals surface area (Å²) in [7, 11) is 0. The Labute approximate surface area is 125 Å². The van der Waals surface area contributed by atoms with Crippen molar-refractivity contribution in [1.29, 1.82) is 0 Å². The molecule has 2 unspecified atom stereocenters. The zero-order valence-electron chi connectivity index (χ0n) is 12.8. The molecule has 1 aromatic rings. The lowest BCUT2D eigenvalue weighted by Crippen LogP contribution is -2.41. The van der Waals surface area contributed by atoms with Crippen LogP contribution in [0.5, 0.6) is 0 Å². The number of hydrogen-bond donors (Lipinski definition) is 3. The van der Waals surface area contributed by atoms with Crippen molar-refractivity contribution in [2.75, 3.05) is 18.4 Å². The highest BCUT2D eigenvalue weighted by atomic mass is 16.2. The minimum absolute atomic E-state index is 0.0740. The quantitative estimate of drug-likeness (QED) is 0.792. The van der Waals surface area contributed by atoms with E-state index in [9.17, 15) is 9.59 Å². The van der Waals surface area contributed by atoms with Crippen LogP contribution >= 0.6 is 0 Å². The summed E-state index contributed by atoms with van der Waals surface area (Å²) < 4.78 is 0. The van der Waals surface area contributed by atoms with Crippen LogP contribution in [0.4, 0.5) is 5.69 Å². The van der Waals surface area contributed by atoms with Gasteiger partial charge < -0.3 is 16.0 Å². The summed E-state index contributed by atoms with van der Waals surface area (Å²) in [5.41, 5.74) is 1.39. The van der Waals surface area contributed by atoms with E-state index >= 15 is 0 Å². The van der Waals surface area contributed by atoms with E-state index in [-0.39, 0.29) is 23.3 Å². The van der Waals surface area contributed by atoms with Gasteiger partial charge in [0, 0.05) is 19.2 Å². The van der Waals surface area contributed by atoms with Gasteiger partial charge in [-0.3, -0.25) is 9.59 Å². The second-order valence-electron chi connectivity index (χ2n) is 5.99.